The molecule has 19 heavy (non-hydrogen) atoms. The number of thiophene rings is 1. The Labute approximate surface area is 123 Å². The molecule has 1 aliphatic rings. The van der Waals surface area contributed by atoms with Gasteiger partial charge in [-0.15, -0.1) is 11.3 Å². The molecule has 0 bridgehead atoms. The molecule has 2 amide bonds. The number of hydrogen-bond donors (Lipinski definition) is 3. The van der Waals surface area contributed by atoms with Gasteiger partial charge in [-0.25, -0.2) is 9.59 Å². The number of carbonyl (C=O) groups excluding carboxylic acids is 1. The van der Waals surface area contributed by atoms with E-state index in [9.17, 15) is 14.7 Å². The van der Waals surface area contributed by atoms with Crippen LogP contribution in [0, 0.1) is 0 Å². The SMILES string of the molecule is O=C(NCc1ccc(Br)s1)NC1(C(=O)O)CCCC1. The van der Waals surface area contributed by atoms with Crippen LogP contribution >= 0.6 is 27.3 Å². The second-order valence-electron chi connectivity index (χ2n) is 4.61. The summed E-state index contributed by atoms with van der Waals surface area (Å²) in [6.45, 7) is 0.401. The third kappa shape index (κ3) is 3.48. The van der Waals surface area contributed by atoms with E-state index in [1.54, 1.807) is 0 Å². The third-order valence-corrected chi connectivity index (χ3v) is 4.89. The van der Waals surface area contributed by atoms with Crippen molar-refractivity contribution in [2.24, 2.45) is 0 Å². The molecule has 0 saturated heterocycles. The molecule has 0 unspecified atom stereocenters. The van der Waals surface area contributed by atoms with Gasteiger partial charge in [-0.05, 0) is 40.9 Å². The minimum atomic E-state index is -1.08. The topological polar surface area (TPSA) is 78.4 Å². The number of urea groups is 1. The molecule has 0 aliphatic heterocycles. The minimum Gasteiger partial charge on any atom is -0.480 e. The molecule has 0 radical (unpaired) electrons. The van der Waals surface area contributed by atoms with E-state index in [-0.39, 0.29) is 0 Å². The first-order chi connectivity index (χ1) is 9.02. The molecule has 0 aromatic carbocycles. The molecule has 1 heterocycles. The average Bonchev–Trinajstić information content (AvgIpc) is 2.97. The van der Waals surface area contributed by atoms with Crippen molar-refractivity contribution < 1.29 is 14.7 Å². The molecule has 7 heteroatoms. The van der Waals surface area contributed by atoms with Crippen molar-refractivity contribution >= 4 is 39.3 Å². The third-order valence-electron chi connectivity index (χ3n) is 3.27. The minimum absolute atomic E-state index is 0.401. The molecule has 1 aromatic heterocycles. The number of nitrogens with one attached hydrogen (secondary N) is 2. The standard InChI is InChI=1S/C12H15BrN2O3S/c13-9-4-3-8(19-9)7-14-11(18)15-12(10(16)17)5-1-2-6-12/h3-4H,1-2,5-7H2,(H,16,17)(H2,14,15,18). The highest BCUT2D eigenvalue weighted by molar-refractivity contribution is 9.11. The van der Waals surface area contributed by atoms with E-state index in [1.807, 2.05) is 12.1 Å². The van der Waals surface area contributed by atoms with E-state index in [0.717, 1.165) is 21.5 Å². The Morgan fingerprint density at radius 3 is 2.58 bits per heavy atom. The molecular formula is C12H15BrN2O3S. The summed E-state index contributed by atoms with van der Waals surface area (Å²) >= 11 is 4.89. The maximum atomic E-state index is 11.8. The van der Waals surface area contributed by atoms with Gasteiger partial charge in [-0.3, -0.25) is 0 Å². The van der Waals surface area contributed by atoms with Crippen LogP contribution in [0.2, 0.25) is 0 Å². The zero-order valence-electron chi connectivity index (χ0n) is 10.2. The zero-order valence-corrected chi connectivity index (χ0v) is 12.6. The Bertz CT molecular complexity index is 483. The quantitative estimate of drug-likeness (QED) is 0.784. The summed E-state index contributed by atoms with van der Waals surface area (Å²) in [6, 6.07) is 3.40. The first-order valence-electron chi connectivity index (χ1n) is 6.05. The van der Waals surface area contributed by atoms with Crippen LogP contribution in [0.1, 0.15) is 30.6 Å². The first kappa shape index (κ1) is 14.3. The van der Waals surface area contributed by atoms with Crippen LogP contribution < -0.4 is 10.6 Å². The number of hydrogen-bond acceptors (Lipinski definition) is 3. The summed E-state index contributed by atoms with van der Waals surface area (Å²) < 4.78 is 1.00. The summed E-state index contributed by atoms with van der Waals surface area (Å²) in [7, 11) is 0. The molecule has 1 aliphatic carbocycles. The Hall–Kier alpha value is -1.08. The van der Waals surface area contributed by atoms with Crippen LogP contribution in [-0.4, -0.2) is 22.6 Å². The molecule has 0 atom stereocenters. The first-order valence-corrected chi connectivity index (χ1v) is 7.66. The fourth-order valence-corrected chi connectivity index (χ4v) is 3.67. The van der Waals surface area contributed by atoms with Crippen molar-refractivity contribution in [1.29, 1.82) is 0 Å². The van der Waals surface area contributed by atoms with Gasteiger partial charge in [-0.1, -0.05) is 12.8 Å². The van der Waals surface area contributed by atoms with Crippen LogP contribution in [0.15, 0.2) is 15.9 Å². The summed E-state index contributed by atoms with van der Waals surface area (Å²) in [5.74, 6) is -0.945. The predicted octanol–water partition coefficient (Wildman–Crippen LogP) is 2.71. The lowest BCUT2D eigenvalue weighted by Crippen LogP contribution is -2.55. The van der Waals surface area contributed by atoms with Gasteiger partial charge in [0.25, 0.3) is 0 Å². The van der Waals surface area contributed by atoms with Crippen molar-refractivity contribution in [3.05, 3.63) is 20.8 Å². The van der Waals surface area contributed by atoms with E-state index in [1.165, 1.54) is 11.3 Å². The van der Waals surface area contributed by atoms with Crippen LogP contribution in [0.5, 0.6) is 0 Å². The normalized spacial score (nSPS) is 17.1. The molecule has 2 rings (SSSR count). The van der Waals surface area contributed by atoms with Gasteiger partial charge in [-0.2, -0.15) is 0 Å². The fraction of sp³-hybridized carbons (Fsp3) is 0.500. The monoisotopic (exact) mass is 346 g/mol. The van der Waals surface area contributed by atoms with Crippen molar-refractivity contribution in [2.75, 3.05) is 0 Å². The Morgan fingerprint density at radius 2 is 2.05 bits per heavy atom. The van der Waals surface area contributed by atoms with Gasteiger partial charge in [0.15, 0.2) is 0 Å². The number of carbonyl (C=O) groups is 2. The highest BCUT2D eigenvalue weighted by Gasteiger charge is 2.42. The van der Waals surface area contributed by atoms with Gasteiger partial charge in [0.2, 0.25) is 0 Å². The highest BCUT2D eigenvalue weighted by atomic mass is 79.9. The second-order valence-corrected chi connectivity index (χ2v) is 7.16. The average molecular weight is 347 g/mol. The van der Waals surface area contributed by atoms with Crippen LogP contribution in [0.4, 0.5) is 4.79 Å². The van der Waals surface area contributed by atoms with Crippen LogP contribution in [0.25, 0.3) is 0 Å². The molecule has 1 fully saturated rings. The van der Waals surface area contributed by atoms with Crippen LogP contribution in [-0.2, 0) is 11.3 Å². The van der Waals surface area contributed by atoms with Gasteiger partial charge in [0.05, 0.1) is 10.3 Å². The summed E-state index contributed by atoms with van der Waals surface area (Å²) in [6.07, 6.45) is 2.68. The molecule has 1 aromatic rings. The lowest BCUT2D eigenvalue weighted by molar-refractivity contribution is -0.144. The zero-order chi connectivity index (χ0) is 13.9. The molecular weight excluding hydrogens is 332 g/mol. The van der Waals surface area contributed by atoms with E-state index in [4.69, 9.17) is 0 Å². The number of aliphatic carboxylic acids is 1. The van der Waals surface area contributed by atoms with Gasteiger partial charge in [0.1, 0.15) is 5.54 Å². The van der Waals surface area contributed by atoms with Crippen LogP contribution in [0.3, 0.4) is 0 Å². The summed E-state index contributed by atoms with van der Waals surface area (Å²) in [4.78, 5) is 24.1. The molecule has 5 nitrogen and oxygen atoms in total. The second kappa shape index (κ2) is 5.92. The Balaban J connectivity index is 1.88. The van der Waals surface area contributed by atoms with Gasteiger partial charge in [0, 0.05) is 4.88 Å². The van der Waals surface area contributed by atoms with E-state index < -0.39 is 17.5 Å². The number of carboxylic acids is 1. The lowest BCUT2D eigenvalue weighted by atomic mass is 9.98. The van der Waals surface area contributed by atoms with E-state index in [0.29, 0.717) is 19.4 Å². The number of amides is 2. The van der Waals surface area contributed by atoms with Crippen molar-refractivity contribution in [2.45, 2.75) is 37.8 Å². The Kier molecular flexibility index (Phi) is 4.46. The smallest absolute Gasteiger partial charge is 0.329 e. The van der Waals surface area contributed by atoms with E-state index in [2.05, 4.69) is 26.6 Å². The van der Waals surface area contributed by atoms with Crippen molar-refractivity contribution in [1.82, 2.24) is 10.6 Å². The number of carboxylic acid groups (broad SMARTS) is 1. The van der Waals surface area contributed by atoms with E-state index >= 15 is 0 Å². The largest absolute Gasteiger partial charge is 0.480 e. The van der Waals surface area contributed by atoms with Crippen molar-refractivity contribution in [3.8, 4) is 0 Å². The fourth-order valence-electron chi connectivity index (χ4n) is 2.25. The predicted molar refractivity (Wildman–Crippen MR) is 76.2 cm³/mol. The molecule has 3 N–H and O–H groups in total. The number of halogens is 1. The van der Waals surface area contributed by atoms with Gasteiger partial charge < -0.3 is 15.7 Å². The number of rotatable bonds is 4. The summed E-state index contributed by atoms with van der Waals surface area (Å²) in [5, 5.41) is 14.6. The summed E-state index contributed by atoms with van der Waals surface area (Å²) in [5.41, 5.74) is -1.08. The molecule has 1 saturated carbocycles. The Morgan fingerprint density at radius 1 is 1.37 bits per heavy atom. The molecule has 104 valence electrons. The highest BCUT2D eigenvalue weighted by Crippen LogP contribution is 2.29. The van der Waals surface area contributed by atoms with Crippen molar-refractivity contribution in [3.63, 3.8) is 0 Å². The molecule has 0 spiro atoms. The lowest BCUT2D eigenvalue weighted by Gasteiger charge is -2.25. The maximum Gasteiger partial charge on any atom is 0.329 e. The maximum absolute atomic E-state index is 11.8. The van der Waals surface area contributed by atoms with Gasteiger partial charge >= 0.3 is 12.0 Å².